The van der Waals surface area contributed by atoms with Gasteiger partial charge in [-0.1, -0.05) is 34.6 Å². The summed E-state index contributed by atoms with van der Waals surface area (Å²) in [7, 11) is 0. The fourth-order valence-electron chi connectivity index (χ4n) is 11.9. The van der Waals surface area contributed by atoms with Gasteiger partial charge in [-0.05, 0) is 63.7 Å². The molecule has 1 saturated heterocycles. The summed E-state index contributed by atoms with van der Waals surface area (Å²) in [6, 6.07) is -0.928. The van der Waals surface area contributed by atoms with Crippen LogP contribution in [0.5, 0.6) is 0 Å². The minimum atomic E-state index is -1.39. The Balaban J connectivity index is 2.03. The molecule has 5 rings (SSSR count). The number of hydrogen-bond donors (Lipinski definition) is 8. The molecule has 0 radical (unpaired) electrons. The van der Waals surface area contributed by atoms with Crippen molar-refractivity contribution in [1.29, 1.82) is 0 Å². The third-order valence-corrected chi connectivity index (χ3v) is 15.5. The topological polar surface area (TPSA) is 345 Å². The van der Waals surface area contributed by atoms with Gasteiger partial charge in [0.05, 0.1) is 11.6 Å². The third kappa shape index (κ3) is 8.56. The van der Waals surface area contributed by atoms with Crippen molar-refractivity contribution in [1.82, 2.24) is 5.32 Å². The Kier molecular flexibility index (Phi) is 13.1. The average molecular weight is 875 g/mol. The van der Waals surface area contributed by atoms with Crippen LogP contribution in [-0.4, -0.2) is 75.2 Å². The molecule has 0 aromatic carbocycles. The molecule has 18 heteroatoms. The van der Waals surface area contributed by atoms with Crippen molar-refractivity contribution in [2.24, 2.45) is 94.7 Å². The molecule has 5 aliphatic heterocycles. The van der Waals surface area contributed by atoms with Crippen molar-refractivity contribution >= 4 is 58.5 Å². The van der Waals surface area contributed by atoms with E-state index in [2.05, 4.69) is 5.32 Å². The van der Waals surface area contributed by atoms with Crippen LogP contribution < -0.4 is 39.7 Å². The molecule has 5 heterocycles. The minimum Gasteiger partial charge on any atom is -0.481 e. The lowest BCUT2D eigenvalue weighted by molar-refractivity contribution is -0.137. The van der Waals surface area contributed by atoms with E-state index in [1.807, 2.05) is 61.5 Å². The zero-order valence-electron chi connectivity index (χ0n) is 37.9. The quantitative estimate of drug-likeness (QED) is 0.100. The number of fused-ring (bicyclic) bond motifs is 6. The van der Waals surface area contributed by atoms with Crippen molar-refractivity contribution in [2.45, 2.75) is 138 Å². The number of carboxylic acid groups (broad SMARTS) is 1. The number of nitrogens with two attached hydrogens (primary N) is 6. The van der Waals surface area contributed by atoms with Crippen LogP contribution in [0.2, 0.25) is 0 Å². The van der Waals surface area contributed by atoms with Gasteiger partial charge in [0, 0.05) is 125 Å². The second-order valence-electron chi connectivity index (χ2n) is 19.9. The molecular formula is C45H66N10O8. The molecule has 9 atom stereocenters. The maximum absolute atomic E-state index is 13.4. The maximum Gasteiger partial charge on any atom is 0.303 e. The Bertz CT molecular complexity index is 2220. The van der Waals surface area contributed by atoms with E-state index in [0.717, 1.165) is 0 Å². The van der Waals surface area contributed by atoms with E-state index in [-0.39, 0.29) is 64.2 Å². The molecule has 18 nitrogen and oxygen atoms in total. The molecule has 6 amide bonds. The number of primary amides is 6. The first-order chi connectivity index (χ1) is 29.0. The molecule has 0 unspecified atom stereocenters. The molecule has 14 N–H and O–H groups in total. The van der Waals surface area contributed by atoms with Gasteiger partial charge in [-0.25, -0.2) is 0 Å². The molecule has 0 aromatic rings. The summed E-state index contributed by atoms with van der Waals surface area (Å²) >= 11 is 0. The first kappa shape index (κ1) is 48.4. The third-order valence-electron chi connectivity index (χ3n) is 15.5. The van der Waals surface area contributed by atoms with Gasteiger partial charge in [-0.15, -0.1) is 0 Å². The fourth-order valence-corrected chi connectivity index (χ4v) is 11.9. The number of carbonyl (C=O) groups excluding carboxylic acids is 6. The summed E-state index contributed by atoms with van der Waals surface area (Å²) < 4.78 is 0. The molecule has 0 aliphatic carbocycles. The summed E-state index contributed by atoms with van der Waals surface area (Å²) in [5.74, 6) is -7.06. The number of nitrogens with one attached hydrogen (secondary N) is 1. The van der Waals surface area contributed by atoms with Crippen LogP contribution in [-0.2, 0) is 33.6 Å². The molecule has 0 saturated carbocycles. The van der Waals surface area contributed by atoms with Crippen molar-refractivity contribution in [3.8, 4) is 0 Å². The summed E-state index contributed by atoms with van der Waals surface area (Å²) in [5, 5.41) is 13.8. The number of allylic oxidation sites excluding steroid dienone is 6. The highest BCUT2D eigenvalue weighted by atomic mass is 16.4. The van der Waals surface area contributed by atoms with Gasteiger partial charge in [0.2, 0.25) is 35.4 Å². The zero-order valence-corrected chi connectivity index (χ0v) is 37.9. The van der Waals surface area contributed by atoms with Crippen molar-refractivity contribution in [3.63, 3.8) is 0 Å². The molecule has 0 aromatic heterocycles. The van der Waals surface area contributed by atoms with Crippen LogP contribution in [0.4, 0.5) is 0 Å². The molecule has 0 spiro atoms. The van der Waals surface area contributed by atoms with Crippen LogP contribution in [0.3, 0.4) is 0 Å². The van der Waals surface area contributed by atoms with Crippen LogP contribution in [0.25, 0.3) is 0 Å². The predicted octanol–water partition coefficient (Wildman–Crippen LogP) is 2.32. The highest BCUT2D eigenvalue weighted by Crippen LogP contribution is 2.62. The largest absolute Gasteiger partial charge is 0.481 e. The Hall–Kier alpha value is -5.68. The van der Waals surface area contributed by atoms with Gasteiger partial charge >= 0.3 is 5.97 Å². The van der Waals surface area contributed by atoms with E-state index in [1.54, 1.807) is 0 Å². The van der Waals surface area contributed by atoms with E-state index in [4.69, 9.17) is 49.4 Å². The van der Waals surface area contributed by atoms with Gasteiger partial charge < -0.3 is 44.8 Å². The SMILES string of the molecule is CC1=C2N=C(C=C3N/C(=C(/C)C4=N[C@@](C)([C@@H]5N=C1[C@](C)(CCC(=O)O)[C@H]5CC(N)=O)[C@@](C)(CC(N)=O)[C@@H]4CCC(N)=O)[C@@](C)(CC(N)=O)[C@@H]3CCC(N)=O)C(C)(C)[C@@H]2CCC(N)=O. The predicted molar refractivity (Wildman–Crippen MR) is 237 cm³/mol. The Morgan fingerprint density at radius 2 is 1.22 bits per heavy atom. The molecule has 63 heavy (non-hydrogen) atoms. The number of hydrogen-bond acceptors (Lipinski definition) is 11. The van der Waals surface area contributed by atoms with Gasteiger partial charge in [-0.3, -0.25) is 48.5 Å². The van der Waals surface area contributed by atoms with E-state index < -0.39 is 98.3 Å². The van der Waals surface area contributed by atoms with Crippen LogP contribution >= 0.6 is 0 Å². The van der Waals surface area contributed by atoms with Gasteiger partial charge in [-0.2, -0.15) is 0 Å². The van der Waals surface area contributed by atoms with Crippen LogP contribution in [0, 0.1) is 45.3 Å². The minimum absolute atomic E-state index is 0.0237. The zero-order chi connectivity index (χ0) is 47.4. The molecule has 1 fully saturated rings. The van der Waals surface area contributed by atoms with E-state index >= 15 is 0 Å². The average Bonchev–Trinajstić information content (AvgIpc) is 3.75. The Morgan fingerprint density at radius 3 is 1.73 bits per heavy atom. The Morgan fingerprint density at radius 1 is 0.683 bits per heavy atom. The highest BCUT2D eigenvalue weighted by Gasteiger charge is 2.66. The number of amides is 6. The van der Waals surface area contributed by atoms with Crippen LogP contribution in [0.15, 0.2) is 49.3 Å². The van der Waals surface area contributed by atoms with Crippen molar-refractivity contribution in [3.05, 3.63) is 34.3 Å². The van der Waals surface area contributed by atoms with Gasteiger partial charge in [0.25, 0.3) is 0 Å². The lowest BCUT2D eigenvalue weighted by Crippen LogP contribution is -2.56. The molecular weight excluding hydrogens is 809 g/mol. The first-order valence-electron chi connectivity index (χ1n) is 21.6. The van der Waals surface area contributed by atoms with Crippen molar-refractivity contribution in [2.75, 3.05) is 0 Å². The summed E-state index contributed by atoms with van der Waals surface area (Å²) in [6.45, 7) is 15.1. The second kappa shape index (κ2) is 17.1. The monoisotopic (exact) mass is 875 g/mol. The van der Waals surface area contributed by atoms with Gasteiger partial charge in [0.1, 0.15) is 0 Å². The number of aliphatic imine (C=N–C) groups is 3. The number of nitrogens with zero attached hydrogens (tertiary/aromatic N) is 3. The molecule has 344 valence electrons. The smallest absolute Gasteiger partial charge is 0.303 e. The lowest BCUT2D eigenvalue weighted by Gasteiger charge is -2.48. The molecule has 8 bridgehead atoms. The number of aliphatic carboxylic acids is 1. The van der Waals surface area contributed by atoms with E-state index in [0.29, 0.717) is 51.8 Å². The van der Waals surface area contributed by atoms with Gasteiger partial charge in [0.15, 0.2) is 0 Å². The summed E-state index contributed by atoms with van der Waals surface area (Å²) in [5.41, 5.74) is 34.4. The van der Waals surface area contributed by atoms with Crippen molar-refractivity contribution < 1.29 is 38.7 Å². The Labute approximate surface area is 368 Å². The number of rotatable bonds is 18. The van der Waals surface area contributed by atoms with E-state index in [9.17, 15) is 38.7 Å². The number of carbonyl (C=O) groups is 7. The summed E-state index contributed by atoms with van der Waals surface area (Å²) in [4.78, 5) is 106. The highest BCUT2D eigenvalue weighted by molar-refractivity contribution is 6.10. The fraction of sp³-hybridized carbons (Fsp3) is 0.644. The molecule has 5 aliphatic rings. The lowest BCUT2D eigenvalue weighted by atomic mass is 9.55. The second-order valence-corrected chi connectivity index (χ2v) is 19.9. The standard InChI is InChI=1S/C45H66N10O8/c1-21-36-24(10-13-30(47)57)41(3,4)28(53-36)18-27-23(9-12-29(46)56)43(6,19-33(50)60)39(52-27)22(2)37-25(11-14-31(48)58)44(7,20-34(51)61)45(8,55-37)40-26(17-32(49)59)42(5,38(21)54-40)16-15-35(62)63/h18,23-26,40,52H,9-17,19-20H2,1-8H3,(H2,46,56)(H2,47,57)(H2,48,58)(H2,49,59)(H2,50,60)(H2,51,61)(H,62,63)/b27-18?,36-21?,39-22-/t23-,24-,25-,26+,40-,42-,43+,44+,45+/m1/s1. The normalized spacial score (nSPS) is 34.2. The first-order valence-corrected chi connectivity index (χ1v) is 21.6. The maximum atomic E-state index is 13.4. The number of carboxylic acids is 1. The summed E-state index contributed by atoms with van der Waals surface area (Å²) in [6.07, 6.45) is 1.58. The van der Waals surface area contributed by atoms with Crippen LogP contribution in [0.1, 0.15) is 126 Å². The van der Waals surface area contributed by atoms with E-state index in [1.165, 1.54) is 0 Å².